The third-order valence-electron chi connectivity index (χ3n) is 8.41. The van der Waals surface area contributed by atoms with E-state index in [2.05, 4.69) is 30.3 Å². The van der Waals surface area contributed by atoms with E-state index >= 15 is 0 Å². The Kier molecular flexibility index (Phi) is 9.43. The lowest BCUT2D eigenvalue weighted by Crippen LogP contribution is -2.28. The average molecular weight is 698 g/mol. The zero-order valence-electron chi connectivity index (χ0n) is 28.5. The van der Waals surface area contributed by atoms with Crippen molar-refractivity contribution in [2.24, 2.45) is 5.41 Å². The number of benzene rings is 3. The fourth-order valence-corrected chi connectivity index (χ4v) is 6.97. The summed E-state index contributed by atoms with van der Waals surface area (Å²) in [5.74, 6) is -0.207. The van der Waals surface area contributed by atoms with Crippen molar-refractivity contribution >= 4 is 39.5 Å². The summed E-state index contributed by atoms with van der Waals surface area (Å²) in [6.07, 6.45) is -2.97. The van der Waals surface area contributed by atoms with Gasteiger partial charge in [0.15, 0.2) is 0 Å². The van der Waals surface area contributed by atoms with Crippen LogP contribution in [0.25, 0.3) is 32.9 Å². The van der Waals surface area contributed by atoms with E-state index in [0.29, 0.717) is 30.9 Å². The van der Waals surface area contributed by atoms with E-state index in [1.165, 1.54) is 12.3 Å². The highest BCUT2D eigenvalue weighted by molar-refractivity contribution is 8.00. The number of carboxylic acids is 1. The quantitative estimate of drug-likeness (QED) is 0.144. The molecule has 0 aliphatic rings. The number of ether oxygens (including phenoxy) is 1. The van der Waals surface area contributed by atoms with Gasteiger partial charge in [0, 0.05) is 56.4 Å². The number of para-hydroxylation sites is 1. The van der Waals surface area contributed by atoms with E-state index in [4.69, 9.17) is 9.72 Å². The summed E-state index contributed by atoms with van der Waals surface area (Å²) < 4.78 is 47.4. The van der Waals surface area contributed by atoms with Gasteiger partial charge < -0.3 is 14.4 Å². The summed E-state index contributed by atoms with van der Waals surface area (Å²) in [5.41, 5.74) is 3.87. The summed E-state index contributed by atoms with van der Waals surface area (Å²) >= 11 is 1.70. The van der Waals surface area contributed by atoms with Crippen molar-refractivity contribution in [3.05, 3.63) is 120 Å². The second-order valence-electron chi connectivity index (χ2n) is 14.0. The first-order valence-corrected chi connectivity index (χ1v) is 17.1. The van der Waals surface area contributed by atoms with Crippen LogP contribution in [0.2, 0.25) is 0 Å². The Balaban J connectivity index is 1.37. The Labute approximate surface area is 293 Å². The standard InChI is InChI=1S/C40H38F3N3O3S/c1-38(2,3)50-36-31-20-30(49-24-29-16-14-27-8-6-7-9-32(27)45-29)17-18-33(31)46(34(36)21-39(4,5)37(47)48)23-25-10-12-26(13-11-25)28-15-19-35(44-22-28)40(41,42)43/h6-20,22H,21,23-24H2,1-5H3,(H,47,48). The third kappa shape index (κ3) is 7.81. The third-order valence-corrected chi connectivity index (χ3v) is 9.68. The van der Waals surface area contributed by atoms with Crippen LogP contribution in [0.1, 0.15) is 57.3 Å². The highest BCUT2D eigenvalue weighted by Crippen LogP contribution is 2.44. The van der Waals surface area contributed by atoms with Gasteiger partial charge in [-0.3, -0.25) is 9.78 Å². The lowest BCUT2D eigenvalue weighted by Gasteiger charge is -2.24. The molecule has 0 aliphatic carbocycles. The van der Waals surface area contributed by atoms with Gasteiger partial charge in [-0.15, -0.1) is 11.8 Å². The topological polar surface area (TPSA) is 77.2 Å². The molecule has 6 aromatic rings. The molecule has 258 valence electrons. The summed E-state index contributed by atoms with van der Waals surface area (Å²) in [6, 6.07) is 27.9. The van der Waals surface area contributed by atoms with Crippen molar-refractivity contribution in [1.29, 1.82) is 0 Å². The number of halogens is 3. The molecule has 0 bridgehead atoms. The molecule has 0 aliphatic heterocycles. The minimum atomic E-state index is -4.50. The Hall–Kier alpha value is -4.83. The van der Waals surface area contributed by atoms with Gasteiger partial charge >= 0.3 is 12.1 Å². The van der Waals surface area contributed by atoms with Crippen LogP contribution in [-0.4, -0.2) is 30.4 Å². The van der Waals surface area contributed by atoms with Crippen molar-refractivity contribution < 1.29 is 27.8 Å². The number of hydrogen-bond donors (Lipinski definition) is 1. The number of rotatable bonds is 10. The highest BCUT2D eigenvalue weighted by Gasteiger charge is 2.33. The van der Waals surface area contributed by atoms with E-state index in [-0.39, 0.29) is 4.75 Å². The maximum atomic E-state index is 13.0. The molecule has 0 atom stereocenters. The molecule has 3 heterocycles. The number of pyridine rings is 2. The van der Waals surface area contributed by atoms with Crippen LogP contribution in [0.3, 0.4) is 0 Å². The monoisotopic (exact) mass is 697 g/mol. The molecule has 50 heavy (non-hydrogen) atoms. The molecule has 0 radical (unpaired) electrons. The molecule has 0 unspecified atom stereocenters. The molecule has 6 rings (SSSR count). The molecule has 6 nitrogen and oxygen atoms in total. The van der Waals surface area contributed by atoms with Crippen LogP contribution in [0.15, 0.2) is 102 Å². The minimum Gasteiger partial charge on any atom is -0.487 e. The molecule has 3 aromatic carbocycles. The molecule has 0 fully saturated rings. The number of hydrogen-bond acceptors (Lipinski definition) is 5. The van der Waals surface area contributed by atoms with Gasteiger partial charge in [0.25, 0.3) is 0 Å². The Morgan fingerprint density at radius 1 is 0.880 bits per heavy atom. The fourth-order valence-electron chi connectivity index (χ4n) is 5.78. The Morgan fingerprint density at radius 2 is 1.60 bits per heavy atom. The molecular formula is C40H38F3N3O3S. The molecule has 3 aromatic heterocycles. The smallest absolute Gasteiger partial charge is 0.433 e. The van der Waals surface area contributed by atoms with Crippen LogP contribution in [0.4, 0.5) is 13.2 Å². The van der Waals surface area contributed by atoms with Crippen LogP contribution >= 0.6 is 11.8 Å². The van der Waals surface area contributed by atoms with E-state index in [0.717, 1.165) is 55.3 Å². The normalized spacial score (nSPS) is 12.5. The fraction of sp³-hybridized carbons (Fsp3) is 0.275. The van der Waals surface area contributed by atoms with Crippen molar-refractivity contribution in [3.63, 3.8) is 0 Å². The summed E-state index contributed by atoms with van der Waals surface area (Å²) in [7, 11) is 0. The van der Waals surface area contributed by atoms with Gasteiger partial charge in [-0.2, -0.15) is 13.2 Å². The number of alkyl halides is 3. The van der Waals surface area contributed by atoms with Crippen LogP contribution in [-0.2, 0) is 30.5 Å². The number of fused-ring (bicyclic) bond motifs is 2. The van der Waals surface area contributed by atoms with Gasteiger partial charge in [-0.05, 0) is 61.4 Å². The van der Waals surface area contributed by atoms with Crippen LogP contribution < -0.4 is 4.74 Å². The largest absolute Gasteiger partial charge is 0.487 e. The lowest BCUT2D eigenvalue weighted by molar-refractivity contribution is -0.147. The molecule has 1 N–H and O–H groups in total. The maximum Gasteiger partial charge on any atom is 0.433 e. The summed E-state index contributed by atoms with van der Waals surface area (Å²) in [6.45, 7) is 10.6. The SMILES string of the molecule is CC(C)(C)Sc1c(CC(C)(C)C(=O)O)n(Cc2ccc(-c3ccc(C(F)(F)F)nc3)cc2)c2ccc(OCc3ccc4ccccc4n3)cc12. The first kappa shape index (κ1) is 35.0. The average Bonchev–Trinajstić information content (AvgIpc) is 3.32. The van der Waals surface area contributed by atoms with Crippen molar-refractivity contribution in [2.75, 3.05) is 0 Å². The molecule has 0 spiro atoms. The van der Waals surface area contributed by atoms with E-state index in [1.807, 2.05) is 78.9 Å². The summed E-state index contributed by atoms with van der Waals surface area (Å²) in [5, 5.41) is 12.2. The van der Waals surface area contributed by atoms with Crippen molar-refractivity contribution in [3.8, 4) is 16.9 Å². The summed E-state index contributed by atoms with van der Waals surface area (Å²) in [4.78, 5) is 21.7. The van der Waals surface area contributed by atoms with Crippen molar-refractivity contribution in [2.45, 2.75) is 70.0 Å². The van der Waals surface area contributed by atoms with Gasteiger partial charge in [0.05, 0.1) is 16.6 Å². The Bertz CT molecular complexity index is 2170. The first-order valence-electron chi connectivity index (χ1n) is 16.2. The molecule has 10 heteroatoms. The molecule has 0 saturated carbocycles. The number of aliphatic carboxylic acids is 1. The zero-order valence-corrected chi connectivity index (χ0v) is 29.3. The number of nitrogens with zero attached hydrogens (tertiary/aromatic N) is 3. The predicted octanol–water partition coefficient (Wildman–Crippen LogP) is 10.4. The van der Waals surface area contributed by atoms with Gasteiger partial charge in [0.1, 0.15) is 18.1 Å². The van der Waals surface area contributed by atoms with E-state index in [9.17, 15) is 23.1 Å². The van der Waals surface area contributed by atoms with Crippen molar-refractivity contribution in [1.82, 2.24) is 14.5 Å². The minimum absolute atomic E-state index is 0.176. The Morgan fingerprint density at radius 3 is 2.26 bits per heavy atom. The van der Waals surface area contributed by atoms with Gasteiger partial charge in [-0.1, -0.05) is 75.4 Å². The first-order chi connectivity index (χ1) is 23.6. The molecule has 0 saturated heterocycles. The maximum absolute atomic E-state index is 13.0. The van der Waals surface area contributed by atoms with Crippen LogP contribution in [0.5, 0.6) is 5.75 Å². The molecule has 0 amide bonds. The van der Waals surface area contributed by atoms with Gasteiger partial charge in [-0.25, -0.2) is 4.98 Å². The van der Waals surface area contributed by atoms with Crippen LogP contribution in [0, 0.1) is 5.41 Å². The van der Waals surface area contributed by atoms with Gasteiger partial charge in [0.2, 0.25) is 0 Å². The van der Waals surface area contributed by atoms with E-state index in [1.54, 1.807) is 25.6 Å². The second-order valence-corrected chi connectivity index (χ2v) is 15.9. The number of carboxylic acid groups (broad SMARTS) is 1. The number of aromatic nitrogens is 3. The van der Waals surface area contributed by atoms with E-state index < -0.39 is 23.3 Å². The second kappa shape index (κ2) is 13.5. The lowest BCUT2D eigenvalue weighted by atomic mass is 9.88. The molecular weight excluding hydrogens is 660 g/mol. The number of carbonyl (C=O) groups is 1. The predicted molar refractivity (Wildman–Crippen MR) is 193 cm³/mol. The zero-order chi connectivity index (χ0) is 35.8. The highest BCUT2D eigenvalue weighted by atomic mass is 32.2. The number of thioether (sulfide) groups is 1.